The maximum Gasteiger partial charge on any atom is 0.254 e. The van der Waals surface area contributed by atoms with Gasteiger partial charge in [0.25, 0.3) is 5.91 Å². The molecule has 2 amide bonds. The van der Waals surface area contributed by atoms with Gasteiger partial charge >= 0.3 is 0 Å². The Hall–Kier alpha value is -5.77. The highest BCUT2D eigenvalue weighted by Gasteiger charge is 2.20. The number of benzene rings is 5. The van der Waals surface area contributed by atoms with Gasteiger partial charge in [0, 0.05) is 55.3 Å². The number of nitrogens with one attached hydrogen (secondary N) is 2. The molecule has 1 aromatic heterocycles. The van der Waals surface area contributed by atoms with E-state index in [1.807, 2.05) is 126 Å². The number of amides is 2. The van der Waals surface area contributed by atoms with Crippen LogP contribution in [0, 0.1) is 5.41 Å². The van der Waals surface area contributed by atoms with Gasteiger partial charge in [0.05, 0.1) is 17.5 Å². The number of aryl methyl sites for hydroxylation is 3. The van der Waals surface area contributed by atoms with Crippen molar-refractivity contribution in [3.8, 4) is 0 Å². The standard InChI is InChI=1S/C43H44ClN7O2/c44-37-19-13-34(14-20-37)29-50(28-33-9-7-32(27-45)8-10-33)43(53)36-18-21-39-38(26-36)49-40(22-15-30-11-16-35(17-12-30)42(46)47)51(39)24-4-23-48-41(52)25-31-5-2-1-3-6-31/h1-3,5-14,16-21,26H,4,15,22-25,27-29,45H2,(H3,46,47)(H,48,52). The van der Waals surface area contributed by atoms with Crippen molar-refractivity contribution in [2.24, 2.45) is 11.5 Å². The van der Waals surface area contributed by atoms with Crippen molar-refractivity contribution in [3.63, 3.8) is 0 Å². The lowest BCUT2D eigenvalue weighted by atomic mass is 10.1. The second-order valence-corrected chi connectivity index (χ2v) is 13.6. The molecule has 0 atom stereocenters. The minimum absolute atomic E-state index is 0.0115. The fourth-order valence-electron chi connectivity index (χ4n) is 6.36. The molecule has 10 heteroatoms. The third kappa shape index (κ3) is 9.97. The summed E-state index contributed by atoms with van der Waals surface area (Å²) in [6.45, 7) is 2.46. The number of amidine groups is 1. The number of halogens is 1. The molecule has 0 saturated heterocycles. The smallest absolute Gasteiger partial charge is 0.254 e. The van der Waals surface area contributed by atoms with Crippen molar-refractivity contribution in [2.45, 2.75) is 51.9 Å². The van der Waals surface area contributed by atoms with Crippen molar-refractivity contribution in [3.05, 3.63) is 171 Å². The van der Waals surface area contributed by atoms with Gasteiger partial charge in [-0.05, 0) is 71.0 Å². The number of fused-ring (bicyclic) bond motifs is 1. The number of rotatable bonds is 16. The van der Waals surface area contributed by atoms with Crippen LogP contribution >= 0.6 is 11.6 Å². The van der Waals surface area contributed by atoms with Crippen molar-refractivity contribution in [1.29, 1.82) is 5.41 Å². The maximum atomic E-state index is 14.3. The molecule has 0 saturated carbocycles. The van der Waals surface area contributed by atoms with Gasteiger partial charge in [-0.1, -0.05) is 103 Å². The van der Waals surface area contributed by atoms with Gasteiger partial charge in [-0.25, -0.2) is 4.98 Å². The molecule has 0 unspecified atom stereocenters. The summed E-state index contributed by atoms with van der Waals surface area (Å²) in [5.41, 5.74) is 19.5. The Balaban J connectivity index is 1.23. The third-order valence-electron chi connectivity index (χ3n) is 9.27. The van der Waals surface area contributed by atoms with Crippen LogP contribution in [0.3, 0.4) is 0 Å². The van der Waals surface area contributed by atoms with Gasteiger partial charge in [0.15, 0.2) is 0 Å². The minimum atomic E-state index is -0.104. The molecule has 0 fully saturated rings. The molecule has 0 radical (unpaired) electrons. The lowest BCUT2D eigenvalue weighted by Crippen LogP contribution is -2.30. The Morgan fingerprint density at radius 3 is 2.04 bits per heavy atom. The summed E-state index contributed by atoms with van der Waals surface area (Å²) in [5, 5.41) is 11.4. The number of nitrogens with zero attached hydrogens (tertiary/aromatic N) is 3. The van der Waals surface area contributed by atoms with Gasteiger partial charge < -0.3 is 26.3 Å². The highest BCUT2D eigenvalue weighted by atomic mass is 35.5. The fraction of sp³-hybridized carbons (Fsp3) is 0.209. The summed E-state index contributed by atoms with van der Waals surface area (Å²) in [6, 6.07) is 38.7. The van der Waals surface area contributed by atoms with Crippen LogP contribution in [0.25, 0.3) is 11.0 Å². The molecule has 0 aliphatic rings. The van der Waals surface area contributed by atoms with E-state index in [1.54, 1.807) is 0 Å². The van der Waals surface area contributed by atoms with Crippen molar-refractivity contribution >= 4 is 40.3 Å². The van der Waals surface area contributed by atoms with Gasteiger partial charge in [-0.3, -0.25) is 15.0 Å². The molecule has 5 aromatic carbocycles. The largest absolute Gasteiger partial charge is 0.384 e. The number of imidazole rings is 1. The van der Waals surface area contributed by atoms with Crippen LogP contribution in [0.2, 0.25) is 5.02 Å². The zero-order chi connectivity index (χ0) is 37.2. The van der Waals surface area contributed by atoms with Crippen LogP contribution in [-0.4, -0.2) is 38.6 Å². The Labute approximate surface area is 315 Å². The first-order valence-electron chi connectivity index (χ1n) is 17.8. The summed E-state index contributed by atoms with van der Waals surface area (Å²) >= 11 is 6.16. The zero-order valence-electron chi connectivity index (χ0n) is 29.6. The normalized spacial score (nSPS) is 11.1. The van der Waals surface area contributed by atoms with Gasteiger partial charge in [0.2, 0.25) is 5.91 Å². The van der Waals surface area contributed by atoms with E-state index in [9.17, 15) is 9.59 Å². The summed E-state index contributed by atoms with van der Waals surface area (Å²) in [4.78, 5) is 33.8. The van der Waals surface area contributed by atoms with Crippen LogP contribution in [0.4, 0.5) is 0 Å². The molecule has 6 rings (SSSR count). The molecule has 53 heavy (non-hydrogen) atoms. The van der Waals surface area contributed by atoms with Crippen LogP contribution in [0.5, 0.6) is 0 Å². The van der Waals surface area contributed by atoms with E-state index in [4.69, 9.17) is 33.5 Å². The molecular weight excluding hydrogens is 682 g/mol. The summed E-state index contributed by atoms with van der Waals surface area (Å²) in [5.74, 6) is 0.819. The Kier molecular flexibility index (Phi) is 12.3. The van der Waals surface area contributed by atoms with Crippen LogP contribution in [0.15, 0.2) is 121 Å². The number of carbonyl (C=O) groups excluding carboxylic acids is 2. The van der Waals surface area contributed by atoms with Gasteiger partial charge in [0.1, 0.15) is 11.7 Å². The predicted octanol–water partition coefficient (Wildman–Crippen LogP) is 6.81. The highest BCUT2D eigenvalue weighted by molar-refractivity contribution is 6.30. The molecule has 6 aromatic rings. The number of carbonyl (C=O) groups is 2. The van der Waals surface area contributed by atoms with Gasteiger partial charge in [-0.2, -0.15) is 0 Å². The molecule has 270 valence electrons. The van der Waals surface area contributed by atoms with Gasteiger partial charge in [-0.15, -0.1) is 0 Å². The summed E-state index contributed by atoms with van der Waals surface area (Å²) in [7, 11) is 0. The first-order valence-corrected chi connectivity index (χ1v) is 18.2. The van der Waals surface area contributed by atoms with Crippen LogP contribution < -0.4 is 16.8 Å². The molecule has 0 spiro atoms. The van der Waals surface area contributed by atoms with E-state index in [0.29, 0.717) is 68.1 Å². The monoisotopic (exact) mass is 725 g/mol. The second-order valence-electron chi connectivity index (χ2n) is 13.2. The molecule has 0 aliphatic heterocycles. The predicted molar refractivity (Wildman–Crippen MR) is 212 cm³/mol. The lowest BCUT2D eigenvalue weighted by molar-refractivity contribution is -0.120. The van der Waals surface area contributed by atoms with E-state index in [0.717, 1.165) is 51.1 Å². The molecule has 0 bridgehead atoms. The average molecular weight is 726 g/mol. The van der Waals surface area contributed by atoms with E-state index in [-0.39, 0.29) is 17.6 Å². The van der Waals surface area contributed by atoms with Crippen molar-refractivity contribution < 1.29 is 9.59 Å². The zero-order valence-corrected chi connectivity index (χ0v) is 30.4. The van der Waals surface area contributed by atoms with E-state index < -0.39 is 0 Å². The lowest BCUT2D eigenvalue weighted by Gasteiger charge is -2.23. The van der Waals surface area contributed by atoms with E-state index in [1.165, 1.54) is 0 Å². The number of nitrogen functional groups attached to an aromatic ring is 1. The summed E-state index contributed by atoms with van der Waals surface area (Å²) in [6.07, 6.45) is 2.45. The molecule has 6 N–H and O–H groups in total. The number of hydrogen-bond acceptors (Lipinski definition) is 5. The minimum Gasteiger partial charge on any atom is -0.384 e. The Morgan fingerprint density at radius 1 is 0.755 bits per heavy atom. The topological polar surface area (TPSA) is 143 Å². The summed E-state index contributed by atoms with van der Waals surface area (Å²) < 4.78 is 2.20. The average Bonchev–Trinajstić information content (AvgIpc) is 3.53. The fourth-order valence-corrected chi connectivity index (χ4v) is 6.49. The number of aromatic nitrogens is 2. The first kappa shape index (κ1) is 37.0. The van der Waals surface area contributed by atoms with Crippen molar-refractivity contribution in [1.82, 2.24) is 19.8 Å². The Morgan fingerprint density at radius 2 is 1.38 bits per heavy atom. The first-order chi connectivity index (χ1) is 25.7. The maximum absolute atomic E-state index is 14.3. The number of hydrogen-bond donors (Lipinski definition) is 4. The molecular formula is C43H44ClN7O2. The number of nitrogens with two attached hydrogens (primary N) is 2. The van der Waals surface area contributed by atoms with E-state index in [2.05, 4.69) is 9.88 Å². The quantitative estimate of drug-likeness (QED) is 0.0493. The third-order valence-corrected chi connectivity index (χ3v) is 9.52. The van der Waals surface area contributed by atoms with Crippen LogP contribution in [0.1, 0.15) is 56.0 Å². The highest BCUT2D eigenvalue weighted by Crippen LogP contribution is 2.23. The molecule has 9 nitrogen and oxygen atoms in total. The Bertz CT molecular complexity index is 2160. The van der Waals surface area contributed by atoms with Crippen molar-refractivity contribution in [2.75, 3.05) is 6.54 Å². The van der Waals surface area contributed by atoms with Crippen LogP contribution in [-0.2, 0) is 50.2 Å². The SMILES string of the molecule is N=C(N)c1ccc(CCc2nc3cc(C(=O)N(Cc4ccc(Cl)cc4)Cc4ccc(CN)cc4)ccc3n2CCCNC(=O)Cc2ccccc2)cc1. The second kappa shape index (κ2) is 17.6. The molecule has 1 heterocycles. The van der Waals surface area contributed by atoms with E-state index >= 15 is 0 Å². The molecule has 0 aliphatic carbocycles.